The van der Waals surface area contributed by atoms with Crippen LogP contribution in [0.1, 0.15) is 10.4 Å². The van der Waals surface area contributed by atoms with Gasteiger partial charge < -0.3 is 14.5 Å². The number of rotatable bonds is 5. The summed E-state index contributed by atoms with van der Waals surface area (Å²) < 4.78 is 5.78. The number of non-ortho nitro benzene ring substituents is 1. The summed E-state index contributed by atoms with van der Waals surface area (Å²) in [6, 6.07) is 19.1. The minimum atomic E-state index is -0.501. The SMILES string of the molecule is O=C(COc1cccc2ccccc12)N1CCN(C(=O)c2ccc([N+](=O)[O-])cc2)CC1. The smallest absolute Gasteiger partial charge is 0.269 e. The first-order chi connectivity index (χ1) is 15.0. The molecule has 2 amide bonds. The van der Waals surface area contributed by atoms with Gasteiger partial charge in [0.2, 0.25) is 0 Å². The number of benzene rings is 3. The Labute approximate surface area is 178 Å². The van der Waals surface area contributed by atoms with Crippen LogP contribution in [0.5, 0.6) is 5.75 Å². The van der Waals surface area contributed by atoms with E-state index in [2.05, 4.69) is 0 Å². The normalized spacial score (nSPS) is 13.8. The van der Waals surface area contributed by atoms with Gasteiger partial charge in [-0.3, -0.25) is 19.7 Å². The lowest BCUT2D eigenvalue weighted by molar-refractivity contribution is -0.384. The molecular formula is C23H21N3O5. The van der Waals surface area contributed by atoms with Crippen LogP contribution in [0.4, 0.5) is 5.69 Å². The molecule has 0 N–H and O–H groups in total. The number of fused-ring (bicyclic) bond motifs is 1. The molecule has 0 spiro atoms. The molecule has 8 heteroatoms. The molecule has 1 aliphatic rings. The van der Waals surface area contributed by atoms with Crippen molar-refractivity contribution in [3.8, 4) is 5.75 Å². The van der Waals surface area contributed by atoms with Gasteiger partial charge in [0.15, 0.2) is 6.61 Å². The zero-order valence-electron chi connectivity index (χ0n) is 16.8. The molecule has 4 rings (SSSR count). The second-order valence-corrected chi connectivity index (χ2v) is 7.24. The van der Waals surface area contributed by atoms with Crippen molar-refractivity contribution < 1.29 is 19.2 Å². The van der Waals surface area contributed by atoms with Crippen LogP contribution in [-0.4, -0.2) is 59.3 Å². The van der Waals surface area contributed by atoms with E-state index in [0.29, 0.717) is 37.5 Å². The molecule has 31 heavy (non-hydrogen) atoms. The Kier molecular flexibility index (Phi) is 5.79. The highest BCUT2D eigenvalue weighted by atomic mass is 16.6. The minimum Gasteiger partial charge on any atom is -0.483 e. The van der Waals surface area contributed by atoms with E-state index in [9.17, 15) is 19.7 Å². The maximum absolute atomic E-state index is 12.6. The van der Waals surface area contributed by atoms with E-state index >= 15 is 0 Å². The van der Waals surface area contributed by atoms with E-state index in [1.807, 2.05) is 42.5 Å². The first-order valence-corrected chi connectivity index (χ1v) is 9.95. The molecule has 0 radical (unpaired) electrons. The zero-order valence-corrected chi connectivity index (χ0v) is 16.8. The van der Waals surface area contributed by atoms with E-state index in [0.717, 1.165) is 10.8 Å². The van der Waals surface area contributed by atoms with Gasteiger partial charge in [-0.15, -0.1) is 0 Å². The lowest BCUT2D eigenvalue weighted by Crippen LogP contribution is -2.51. The summed E-state index contributed by atoms with van der Waals surface area (Å²) in [6.45, 7) is 1.56. The number of piperazine rings is 1. The second-order valence-electron chi connectivity index (χ2n) is 7.24. The maximum Gasteiger partial charge on any atom is 0.269 e. The van der Waals surface area contributed by atoms with Crippen molar-refractivity contribution in [2.75, 3.05) is 32.8 Å². The topological polar surface area (TPSA) is 93.0 Å². The Morgan fingerprint density at radius 3 is 2.23 bits per heavy atom. The second kappa shape index (κ2) is 8.83. The molecule has 158 valence electrons. The van der Waals surface area contributed by atoms with Crippen molar-refractivity contribution in [1.29, 1.82) is 0 Å². The van der Waals surface area contributed by atoms with Crippen LogP contribution in [0, 0.1) is 10.1 Å². The first-order valence-electron chi connectivity index (χ1n) is 9.95. The summed E-state index contributed by atoms with van der Waals surface area (Å²) in [5.74, 6) is 0.336. The number of carbonyl (C=O) groups excluding carboxylic acids is 2. The first kappa shape index (κ1) is 20.3. The Bertz CT molecular complexity index is 1120. The largest absolute Gasteiger partial charge is 0.483 e. The van der Waals surface area contributed by atoms with Crippen LogP contribution in [0.3, 0.4) is 0 Å². The maximum atomic E-state index is 12.6. The minimum absolute atomic E-state index is 0.0573. The third-order valence-electron chi connectivity index (χ3n) is 5.35. The van der Waals surface area contributed by atoms with Crippen molar-refractivity contribution in [3.63, 3.8) is 0 Å². The van der Waals surface area contributed by atoms with Crippen LogP contribution >= 0.6 is 0 Å². The molecule has 0 bridgehead atoms. The molecule has 0 atom stereocenters. The van der Waals surface area contributed by atoms with Crippen molar-refractivity contribution in [1.82, 2.24) is 9.80 Å². The van der Waals surface area contributed by atoms with Crippen LogP contribution in [0.25, 0.3) is 10.8 Å². The molecule has 1 aliphatic heterocycles. The summed E-state index contributed by atoms with van der Waals surface area (Å²) in [5.41, 5.74) is 0.336. The predicted octanol–water partition coefficient (Wildman–Crippen LogP) is 3.11. The highest BCUT2D eigenvalue weighted by molar-refractivity contribution is 5.94. The number of hydrogen-bond donors (Lipinski definition) is 0. The molecule has 1 saturated heterocycles. The van der Waals surface area contributed by atoms with Gasteiger partial charge in [-0.2, -0.15) is 0 Å². The van der Waals surface area contributed by atoms with Crippen molar-refractivity contribution in [2.45, 2.75) is 0 Å². The van der Waals surface area contributed by atoms with E-state index in [-0.39, 0.29) is 24.1 Å². The van der Waals surface area contributed by atoms with Crippen molar-refractivity contribution in [3.05, 3.63) is 82.4 Å². The fourth-order valence-corrected chi connectivity index (χ4v) is 3.62. The average Bonchev–Trinajstić information content (AvgIpc) is 2.82. The van der Waals surface area contributed by atoms with E-state index in [1.165, 1.54) is 24.3 Å². The molecule has 0 unspecified atom stereocenters. The molecule has 8 nitrogen and oxygen atoms in total. The molecule has 3 aromatic carbocycles. The number of nitro groups is 1. The zero-order chi connectivity index (χ0) is 21.8. The van der Waals surface area contributed by atoms with Crippen molar-refractivity contribution >= 4 is 28.3 Å². The highest BCUT2D eigenvalue weighted by Gasteiger charge is 2.25. The van der Waals surface area contributed by atoms with Gasteiger partial charge in [0.05, 0.1) is 4.92 Å². The number of nitro benzene ring substituents is 1. The lowest BCUT2D eigenvalue weighted by atomic mass is 10.1. The molecule has 3 aromatic rings. The van der Waals surface area contributed by atoms with Gasteiger partial charge in [-0.25, -0.2) is 0 Å². The quantitative estimate of drug-likeness (QED) is 0.468. The van der Waals surface area contributed by atoms with Gasteiger partial charge in [-0.05, 0) is 23.6 Å². The number of ether oxygens (including phenoxy) is 1. The van der Waals surface area contributed by atoms with E-state index in [1.54, 1.807) is 9.80 Å². The molecule has 0 saturated carbocycles. The highest BCUT2D eigenvalue weighted by Crippen LogP contribution is 2.25. The Hall–Kier alpha value is -3.94. The summed E-state index contributed by atoms with van der Waals surface area (Å²) in [6.07, 6.45) is 0. The fourth-order valence-electron chi connectivity index (χ4n) is 3.62. The van der Waals surface area contributed by atoms with Crippen LogP contribution in [0.15, 0.2) is 66.7 Å². The lowest BCUT2D eigenvalue weighted by Gasteiger charge is -2.34. The monoisotopic (exact) mass is 419 g/mol. The van der Waals surface area contributed by atoms with E-state index < -0.39 is 4.92 Å². The Morgan fingerprint density at radius 2 is 1.52 bits per heavy atom. The number of hydrogen-bond acceptors (Lipinski definition) is 5. The van der Waals surface area contributed by atoms with E-state index in [4.69, 9.17) is 4.74 Å². The molecule has 0 aromatic heterocycles. The molecular weight excluding hydrogens is 398 g/mol. The standard InChI is InChI=1S/C23H21N3O5/c27-22(16-31-21-7-3-5-17-4-1-2-6-20(17)21)24-12-14-25(15-13-24)23(28)18-8-10-19(11-9-18)26(29)30/h1-11H,12-16H2. The summed E-state index contributed by atoms with van der Waals surface area (Å²) in [5, 5.41) is 12.8. The van der Waals surface area contributed by atoms with Gasteiger partial charge in [0.1, 0.15) is 5.75 Å². The third kappa shape index (κ3) is 4.48. The van der Waals surface area contributed by atoms with Gasteiger partial charge in [-0.1, -0.05) is 36.4 Å². The van der Waals surface area contributed by atoms with Crippen LogP contribution < -0.4 is 4.74 Å². The number of nitrogens with zero attached hydrogens (tertiary/aromatic N) is 3. The van der Waals surface area contributed by atoms with Crippen LogP contribution in [0.2, 0.25) is 0 Å². The third-order valence-corrected chi connectivity index (χ3v) is 5.35. The van der Waals surface area contributed by atoms with Crippen LogP contribution in [-0.2, 0) is 4.79 Å². The molecule has 0 aliphatic carbocycles. The number of carbonyl (C=O) groups is 2. The van der Waals surface area contributed by atoms with Gasteiger partial charge in [0, 0.05) is 49.3 Å². The van der Waals surface area contributed by atoms with Gasteiger partial charge >= 0.3 is 0 Å². The molecule has 1 heterocycles. The predicted molar refractivity (Wildman–Crippen MR) is 115 cm³/mol. The molecule has 1 fully saturated rings. The summed E-state index contributed by atoms with van der Waals surface area (Å²) in [7, 11) is 0. The Balaban J connectivity index is 1.31. The summed E-state index contributed by atoms with van der Waals surface area (Å²) in [4.78, 5) is 38.8. The summed E-state index contributed by atoms with van der Waals surface area (Å²) >= 11 is 0. The Morgan fingerprint density at radius 1 is 0.871 bits per heavy atom. The fraction of sp³-hybridized carbons (Fsp3) is 0.217. The number of amides is 2. The van der Waals surface area contributed by atoms with Gasteiger partial charge in [0.25, 0.3) is 17.5 Å². The van der Waals surface area contributed by atoms with Crippen molar-refractivity contribution in [2.24, 2.45) is 0 Å². The average molecular weight is 419 g/mol.